The summed E-state index contributed by atoms with van der Waals surface area (Å²) in [5.74, 6) is 2.11. The van der Waals surface area contributed by atoms with Crippen LogP contribution in [0.2, 0.25) is 0 Å². The van der Waals surface area contributed by atoms with E-state index in [1.54, 1.807) is 0 Å². The molecule has 1 aliphatic carbocycles. The number of benzene rings is 1. The van der Waals surface area contributed by atoms with Crippen molar-refractivity contribution in [3.05, 3.63) is 41.0 Å². The summed E-state index contributed by atoms with van der Waals surface area (Å²) in [6.07, 6.45) is 3.02. The van der Waals surface area contributed by atoms with Gasteiger partial charge in [0.15, 0.2) is 6.61 Å². The lowest BCUT2D eigenvalue weighted by molar-refractivity contribution is 0.285. The number of fused-ring (bicyclic) bond motifs is 1. The van der Waals surface area contributed by atoms with Crippen molar-refractivity contribution >= 4 is 0 Å². The molecule has 0 aliphatic heterocycles. The smallest absolute Gasteiger partial charge is 0.226 e. The Bertz CT molecular complexity index is 609. The van der Waals surface area contributed by atoms with Crippen LogP contribution in [0.15, 0.2) is 22.7 Å². The molecular weight excluding hydrogens is 266 g/mol. The Morgan fingerprint density at radius 1 is 1.38 bits per heavy atom. The predicted octanol–water partition coefficient (Wildman–Crippen LogP) is 2.81. The first-order chi connectivity index (χ1) is 10.3. The van der Waals surface area contributed by atoms with Crippen molar-refractivity contribution in [3.8, 4) is 5.75 Å². The quantitative estimate of drug-likeness (QED) is 0.885. The number of nitrogens with zero attached hydrogens (tertiary/aromatic N) is 2. The van der Waals surface area contributed by atoms with E-state index in [1.165, 1.54) is 11.1 Å². The molecule has 0 amide bonds. The average Bonchev–Trinajstić information content (AvgIpc) is 3.12. The van der Waals surface area contributed by atoms with Crippen LogP contribution < -0.4 is 10.1 Å². The van der Waals surface area contributed by atoms with Gasteiger partial charge in [0.25, 0.3) is 0 Å². The van der Waals surface area contributed by atoms with Crippen LogP contribution in [0.25, 0.3) is 0 Å². The van der Waals surface area contributed by atoms with E-state index >= 15 is 0 Å². The fourth-order valence-corrected chi connectivity index (χ4v) is 2.78. The molecule has 3 rings (SSSR count). The summed E-state index contributed by atoms with van der Waals surface area (Å²) >= 11 is 0. The van der Waals surface area contributed by atoms with Gasteiger partial charge in [0.1, 0.15) is 5.75 Å². The molecule has 0 saturated carbocycles. The van der Waals surface area contributed by atoms with Crippen LogP contribution in [0.5, 0.6) is 5.75 Å². The molecule has 0 bridgehead atoms. The third kappa shape index (κ3) is 3.08. The van der Waals surface area contributed by atoms with E-state index in [0.29, 0.717) is 24.4 Å². The van der Waals surface area contributed by atoms with Gasteiger partial charge >= 0.3 is 0 Å². The molecule has 0 radical (unpaired) electrons. The second kappa shape index (κ2) is 6.26. The van der Waals surface area contributed by atoms with Crippen molar-refractivity contribution < 1.29 is 9.26 Å². The van der Waals surface area contributed by atoms with Gasteiger partial charge in [-0.1, -0.05) is 25.1 Å². The van der Waals surface area contributed by atoms with Gasteiger partial charge in [0.2, 0.25) is 11.7 Å². The average molecular weight is 287 g/mol. The Balaban J connectivity index is 1.65. The zero-order chi connectivity index (χ0) is 14.7. The maximum Gasteiger partial charge on any atom is 0.226 e. The Labute approximate surface area is 124 Å². The monoisotopic (exact) mass is 287 g/mol. The molecular formula is C16H21N3O2. The number of aromatic nitrogens is 2. The highest BCUT2D eigenvalue weighted by Gasteiger charge is 2.21. The summed E-state index contributed by atoms with van der Waals surface area (Å²) in [6.45, 7) is 5.48. The van der Waals surface area contributed by atoms with Crippen molar-refractivity contribution in [1.29, 1.82) is 0 Å². The Morgan fingerprint density at radius 3 is 3.05 bits per heavy atom. The molecule has 0 fully saturated rings. The molecule has 1 N–H and O–H groups in total. The molecule has 0 spiro atoms. The Kier molecular flexibility index (Phi) is 4.20. The van der Waals surface area contributed by atoms with E-state index in [-0.39, 0.29) is 0 Å². The van der Waals surface area contributed by atoms with Gasteiger partial charge in [-0.2, -0.15) is 4.98 Å². The highest BCUT2D eigenvalue weighted by atomic mass is 16.5. The number of nitrogens with one attached hydrogen (secondary N) is 1. The third-order valence-electron chi connectivity index (χ3n) is 3.82. The molecule has 21 heavy (non-hydrogen) atoms. The minimum Gasteiger partial charge on any atom is -0.485 e. The highest BCUT2D eigenvalue weighted by Crippen LogP contribution is 2.33. The normalized spacial score (nSPS) is 17.0. The van der Waals surface area contributed by atoms with E-state index in [4.69, 9.17) is 9.26 Å². The second-order valence-corrected chi connectivity index (χ2v) is 5.26. The Hall–Kier alpha value is -1.88. The van der Waals surface area contributed by atoms with Crippen molar-refractivity contribution in [2.24, 2.45) is 0 Å². The van der Waals surface area contributed by atoms with Gasteiger partial charge in [-0.25, -0.2) is 0 Å². The first-order valence-corrected chi connectivity index (χ1v) is 7.60. The summed E-state index contributed by atoms with van der Waals surface area (Å²) in [7, 11) is 0. The molecule has 0 saturated heterocycles. The standard InChI is InChI=1S/C16H21N3O2/c1-3-16-18-15(19-21-16)10-20-12-6-7-13-11(9-12)5-8-14(13)17-4-2/h6-7,9,14,17H,3-5,8,10H2,1-2H3. The molecule has 1 unspecified atom stereocenters. The first-order valence-electron chi connectivity index (χ1n) is 7.60. The van der Waals surface area contributed by atoms with Crippen LogP contribution in [0, 0.1) is 0 Å². The summed E-state index contributed by atoms with van der Waals surface area (Å²) in [6, 6.07) is 6.81. The van der Waals surface area contributed by atoms with E-state index in [0.717, 1.165) is 31.6 Å². The molecule has 112 valence electrons. The van der Waals surface area contributed by atoms with Crippen LogP contribution in [-0.2, 0) is 19.4 Å². The lowest BCUT2D eigenvalue weighted by atomic mass is 10.1. The van der Waals surface area contributed by atoms with Gasteiger partial charge in [0, 0.05) is 12.5 Å². The molecule has 1 aliphatic rings. The van der Waals surface area contributed by atoms with E-state index < -0.39 is 0 Å². The summed E-state index contributed by atoms with van der Waals surface area (Å²) in [5.41, 5.74) is 2.78. The third-order valence-corrected chi connectivity index (χ3v) is 3.82. The highest BCUT2D eigenvalue weighted by molar-refractivity contribution is 5.40. The van der Waals surface area contributed by atoms with Crippen LogP contribution in [0.4, 0.5) is 0 Å². The summed E-state index contributed by atoms with van der Waals surface area (Å²) in [5, 5.41) is 7.40. The van der Waals surface area contributed by atoms with Crippen LogP contribution >= 0.6 is 0 Å². The molecule has 1 heterocycles. The fourth-order valence-electron chi connectivity index (χ4n) is 2.78. The van der Waals surface area contributed by atoms with Crippen molar-refractivity contribution in [1.82, 2.24) is 15.5 Å². The minimum atomic E-state index is 0.346. The van der Waals surface area contributed by atoms with Crippen molar-refractivity contribution in [2.75, 3.05) is 6.54 Å². The first kappa shape index (κ1) is 14.1. The number of ether oxygens (including phenoxy) is 1. The zero-order valence-corrected chi connectivity index (χ0v) is 12.6. The predicted molar refractivity (Wildman–Crippen MR) is 79.2 cm³/mol. The van der Waals surface area contributed by atoms with Crippen molar-refractivity contribution in [2.45, 2.75) is 45.8 Å². The van der Waals surface area contributed by atoms with Gasteiger partial charge in [-0.15, -0.1) is 0 Å². The van der Waals surface area contributed by atoms with Crippen LogP contribution in [0.1, 0.15) is 49.2 Å². The lowest BCUT2D eigenvalue weighted by Gasteiger charge is -2.12. The number of aryl methyl sites for hydroxylation is 2. The van der Waals surface area contributed by atoms with E-state index in [2.05, 4.69) is 34.5 Å². The SMILES string of the molecule is CCNC1CCc2cc(OCc3noc(CC)n3)ccc21. The Morgan fingerprint density at radius 2 is 2.29 bits per heavy atom. The molecule has 1 atom stereocenters. The van der Waals surface area contributed by atoms with Gasteiger partial charge in [0.05, 0.1) is 0 Å². The van der Waals surface area contributed by atoms with E-state index in [1.807, 2.05) is 13.0 Å². The lowest BCUT2D eigenvalue weighted by Crippen LogP contribution is -2.18. The fraction of sp³-hybridized carbons (Fsp3) is 0.500. The largest absolute Gasteiger partial charge is 0.485 e. The van der Waals surface area contributed by atoms with Gasteiger partial charge in [-0.05, 0) is 42.6 Å². The van der Waals surface area contributed by atoms with E-state index in [9.17, 15) is 0 Å². The van der Waals surface area contributed by atoms with Gasteiger partial charge < -0.3 is 14.6 Å². The topological polar surface area (TPSA) is 60.2 Å². The van der Waals surface area contributed by atoms with Gasteiger partial charge in [-0.3, -0.25) is 0 Å². The molecule has 1 aromatic carbocycles. The second-order valence-electron chi connectivity index (χ2n) is 5.26. The number of hydrogen-bond acceptors (Lipinski definition) is 5. The number of rotatable bonds is 6. The minimum absolute atomic E-state index is 0.346. The summed E-state index contributed by atoms with van der Waals surface area (Å²) < 4.78 is 10.8. The molecule has 1 aromatic heterocycles. The molecule has 2 aromatic rings. The maximum absolute atomic E-state index is 5.76. The van der Waals surface area contributed by atoms with Crippen LogP contribution in [0.3, 0.4) is 0 Å². The zero-order valence-electron chi connectivity index (χ0n) is 12.6. The molecule has 5 heteroatoms. The number of hydrogen-bond donors (Lipinski definition) is 1. The molecule has 5 nitrogen and oxygen atoms in total. The van der Waals surface area contributed by atoms with Crippen LogP contribution in [-0.4, -0.2) is 16.7 Å². The summed E-state index contributed by atoms with van der Waals surface area (Å²) in [4.78, 5) is 4.24. The van der Waals surface area contributed by atoms with Crippen molar-refractivity contribution in [3.63, 3.8) is 0 Å². The maximum atomic E-state index is 5.76.